The van der Waals surface area contributed by atoms with Crippen LogP contribution < -0.4 is 10.6 Å². The zero-order valence-corrected chi connectivity index (χ0v) is 12.9. The van der Waals surface area contributed by atoms with Crippen LogP contribution in [0.15, 0.2) is 22.7 Å². The Kier molecular flexibility index (Phi) is 5.40. The summed E-state index contributed by atoms with van der Waals surface area (Å²) in [7, 11) is 2.08. The van der Waals surface area contributed by atoms with Crippen LogP contribution in [0.2, 0.25) is 0 Å². The summed E-state index contributed by atoms with van der Waals surface area (Å²) in [6, 6.07) is 6.03. The lowest BCUT2D eigenvalue weighted by atomic mass is 10.1. The summed E-state index contributed by atoms with van der Waals surface area (Å²) < 4.78 is 0.957. The standard InChI is InChI=1S/C13H19BrN2S/c1-4-9(2)8-16(3)11-7-5-6-10(14)12(11)13(15)17/h5-7,9H,4,8H2,1-3H3,(H2,15,17). The summed E-state index contributed by atoms with van der Waals surface area (Å²) in [5.74, 6) is 0.651. The number of thiocarbonyl (C=S) groups is 1. The summed E-state index contributed by atoms with van der Waals surface area (Å²) in [5, 5.41) is 0. The van der Waals surface area contributed by atoms with Gasteiger partial charge in [0.1, 0.15) is 4.99 Å². The molecule has 1 unspecified atom stereocenters. The summed E-state index contributed by atoms with van der Waals surface area (Å²) in [6.07, 6.45) is 1.17. The first-order valence-electron chi connectivity index (χ1n) is 5.76. The molecule has 2 nitrogen and oxygen atoms in total. The maximum atomic E-state index is 5.79. The van der Waals surface area contributed by atoms with Crippen molar-refractivity contribution < 1.29 is 0 Å². The molecule has 1 aromatic rings. The number of anilines is 1. The van der Waals surface area contributed by atoms with Crippen LogP contribution >= 0.6 is 28.1 Å². The van der Waals surface area contributed by atoms with Crippen molar-refractivity contribution in [3.05, 3.63) is 28.2 Å². The average molecular weight is 315 g/mol. The second kappa shape index (κ2) is 6.36. The quantitative estimate of drug-likeness (QED) is 0.842. The van der Waals surface area contributed by atoms with E-state index in [1.165, 1.54) is 6.42 Å². The number of nitrogens with two attached hydrogens (primary N) is 1. The van der Waals surface area contributed by atoms with E-state index in [9.17, 15) is 0 Å². The van der Waals surface area contributed by atoms with E-state index < -0.39 is 0 Å². The van der Waals surface area contributed by atoms with Gasteiger partial charge in [-0.15, -0.1) is 0 Å². The summed E-state index contributed by atoms with van der Waals surface area (Å²) in [6.45, 7) is 5.45. The number of nitrogens with zero attached hydrogens (tertiary/aromatic N) is 1. The molecule has 0 bridgehead atoms. The van der Waals surface area contributed by atoms with Gasteiger partial charge in [-0.3, -0.25) is 0 Å². The van der Waals surface area contributed by atoms with E-state index in [0.29, 0.717) is 10.9 Å². The largest absolute Gasteiger partial charge is 0.389 e. The molecule has 17 heavy (non-hydrogen) atoms. The van der Waals surface area contributed by atoms with Gasteiger partial charge in [0.25, 0.3) is 0 Å². The molecule has 0 fully saturated rings. The third-order valence-electron chi connectivity index (χ3n) is 2.93. The molecule has 0 saturated carbocycles. The highest BCUT2D eigenvalue weighted by Crippen LogP contribution is 2.27. The van der Waals surface area contributed by atoms with Gasteiger partial charge in [0.2, 0.25) is 0 Å². The SMILES string of the molecule is CCC(C)CN(C)c1cccc(Br)c1C(N)=S. The highest BCUT2D eigenvalue weighted by atomic mass is 79.9. The minimum atomic E-state index is 0.434. The Morgan fingerprint density at radius 2 is 2.18 bits per heavy atom. The van der Waals surface area contributed by atoms with E-state index in [1.807, 2.05) is 12.1 Å². The van der Waals surface area contributed by atoms with Gasteiger partial charge >= 0.3 is 0 Å². The second-order valence-electron chi connectivity index (χ2n) is 4.39. The van der Waals surface area contributed by atoms with Crippen LogP contribution in [0.25, 0.3) is 0 Å². The molecule has 1 atom stereocenters. The minimum absolute atomic E-state index is 0.434. The van der Waals surface area contributed by atoms with Crippen LogP contribution in [0.4, 0.5) is 5.69 Å². The summed E-state index contributed by atoms with van der Waals surface area (Å²) >= 11 is 8.62. The normalized spacial score (nSPS) is 12.2. The fraction of sp³-hybridized carbons (Fsp3) is 0.462. The van der Waals surface area contributed by atoms with Crippen LogP contribution in [0.3, 0.4) is 0 Å². The molecule has 0 amide bonds. The van der Waals surface area contributed by atoms with Gasteiger partial charge in [-0.05, 0) is 34.0 Å². The lowest BCUT2D eigenvalue weighted by Gasteiger charge is -2.25. The second-order valence-corrected chi connectivity index (χ2v) is 5.69. The number of benzene rings is 1. The summed E-state index contributed by atoms with van der Waals surface area (Å²) in [5.41, 5.74) is 7.81. The van der Waals surface area contributed by atoms with Crippen molar-refractivity contribution in [2.45, 2.75) is 20.3 Å². The smallest absolute Gasteiger partial charge is 0.107 e. The zero-order valence-electron chi connectivity index (χ0n) is 10.5. The maximum absolute atomic E-state index is 5.79. The predicted molar refractivity (Wildman–Crippen MR) is 82.8 cm³/mol. The number of hydrogen-bond donors (Lipinski definition) is 1. The van der Waals surface area contributed by atoms with Crippen molar-refractivity contribution in [1.29, 1.82) is 0 Å². The first-order valence-corrected chi connectivity index (χ1v) is 6.97. The minimum Gasteiger partial charge on any atom is -0.389 e. The number of hydrogen-bond acceptors (Lipinski definition) is 2. The molecular formula is C13H19BrN2S. The van der Waals surface area contributed by atoms with Crippen LogP contribution in [0, 0.1) is 5.92 Å². The Balaban J connectivity index is 3.04. The highest BCUT2D eigenvalue weighted by Gasteiger charge is 2.14. The molecule has 0 radical (unpaired) electrons. The monoisotopic (exact) mass is 314 g/mol. The zero-order chi connectivity index (χ0) is 13.0. The van der Waals surface area contributed by atoms with Gasteiger partial charge in [0.15, 0.2) is 0 Å². The molecule has 0 aliphatic carbocycles. The van der Waals surface area contributed by atoms with E-state index in [0.717, 1.165) is 22.3 Å². The molecule has 4 heteroatoms. The number of halogens is 1. The molecule has 94 valence electrons. The Morgan fingerprint density at radius 3 is 2.71 bits per heavy atom. The van der Waals surface area contributed by atoms with Crippen LogP contribution in [-0.2, 0) is 0 Å². The topological polar surface area (TPSA) is 29.3 Å². The van der Waals surface area contributed by atoms with Crippen LogP contribution in [0.1, 0.15) is 25.8 Å². The molecule has 2 N–H and O–H groups in total. The van der Waals surface area contributed by atoms with Crippen molar-refractivity contribution in [2.24, 2.45) is 11.7 Å². The van der Waals surface area contributed by atoms with Crippen molar-refractivity contribution in [3.8, 4) is 0 Å². The maximum Gasteiger partial charge on any atom is 0.107 e. The Hall–Kier alpha value is -0.610. The van der Waals surface area contributed by atoms with Crippen LogP contribution in [-0.4, -0.2) is 18.6 Å². The Bertz CT molecular complexity index is 406. The first kappa shape index (κ1) is 14.5. The van der Waals surface area contributed by atoms with E-state index in [-0.39, 0.29) is 0 Å². The van der Waals surface area contributed by atoms with E-state index in [4.69, 9.17) is 18.0 Å². The highest BCUT2D eigenvalue weighted by molar-refractivity contribution is 9.10. The van der Waals surface area contributed by atoms with Crippen LogP contribution in [0.5, 0.6) is 0 Å². The Labute approximate surface area is 117 Å². The van der Waals surface area contributed by atoms with E-state index in [2.05, 4.69) is 47.8 Å². The van der Waals surface area contributed by atoms with Gasteiger partial charge in [-0.2, -0.15) is 0 Å². The first-order chi connectivity index (χ1) is 7.97. The summed E-state index contributed by atoms with van der Waals surface area (Å²) in [4.78, 5) is 2.65. The average Bonchev–Trinajstić information content (AvgIpc) is 2.27. The molecule has 1 aromatic carbocycles. The predicted octanol–water partition coefficient (Wildman–Crippen LogP) is 3.57. The molecule has 0 saturated heterocycles. The molecule has 0 aliphatic rings. The third-order valence-corrected chi connectivity index (χ3v) is 3.80. The molecule has 1 rings (SSSR count). The van der Waals surface area contributed by atoms with Crippen molar-refractivity contribution in [3.63, 3.8) is 0 Å². The third kappa shape index (κ3) is 3.68. The molecule has 0 aromatic heterocycles. The number of rotatable bonds is 5. The van der Waals surface area contributed by atoms with E-state index in [1.54, 1.807) is 0 Å². The molecule has 0 aliphatic heterocycles. The lowest BCUT2D eigenvalue weighted by Crippen LogP contribution is -2.26. The van der Waals surface area contributed by atoms with Gasteiger partial charge in [-0.1, -0.05) is 38.6 Å². The van der Waals surface area contributed by atoms with Gasteiger partial charge < -0.3 is 10.6 Å². The lowest BCUT2D eigenvalue weighted by molar-refractivity contribution is 0.560. The fourth-order valence-corrected chi connectivity index (χ4v) is 2.68. The van der Waals surface area contributed by atoms with E-state index >= 15 is 0 Å². The molecule has 0 spiro atoms. The van der Waals surface area contributed by atoms with Gasteiger partial charge in [0.05, 0.1) is 0 Å². The fourth-order valence-electron chi connectivity index (χ4n) is 1.77. The molecular weight excluding hydrogens is 296 g/mol. The van der Waals surface area contributed by atoms with Crippen molar-refractivity contribution in [2.75, 3.05) is 18.5 Å². The van der Waals surface area contributed by atoms with Gasteiger partial charge in [0, 0.05) is 29.3 Å². The van der Waals surface area contributed by atoms with Crippen molar-refractivity contribution >= 4 is 38.8 Å². The van der Waals surface area contributed by atoms with Crippen molar-refractivity contribution in [1.82, 2.24) is 0 Å². The molecule has 0 heterocycles. The Morgan fingerprint density at radius 1 is 1.53 bits per heavy atom. The van der Waals surface area contributed by atoms with Gasteiger partial charge in [-0.25, -0.2) is 0 Å².